The molecule has 1 aromatic carbocycles. The van der Waals surface area contributed by atoms with Crippen LogP contribution in [0.2, 0.25) is 0 Å². The fourth-order valence-corrected chi connectivity index (χ4v) is 1.87. The molecule has 0 bridgehead atoms. The van der Waals surface area contributed by atoms with E-state index in [1.807, 2.05) is 0 Å². The smallest absolute Gasteiger partial charge is 0.256 e. The Balaban J connectivity index is 2.85. The summed E-state index contributed by atoms with van der Waals surface area (Å²) in [6.07, 6.45) is 1.32. The summed E-state index contributed by atoms with van der Waals surface area (Å²) in [5, 5.41) is 8.64. The Labute approximate surface area is 125 Å². The van der Waals surface area contributed by atoms with Crippen molar-refractivity contribution in [1.82, 2.24) is 4.90 Å². The summed E-state index contributed by atoms with van der Waals surface area (Å²) in [5.41, 5.74) is 0.565. The summed E-state index contributed by atoms with van der Waals surface area (Å²) in [4.78, 5) is 13.8. The predicted molar refractivity (Wildman–Crippen MR) is 81.4 cm³/mol. The molecule has 0 aromatic heterocycles. The molecule has 114 valence electrons. The molecule has 0 fully saturated rings. The highest BCUT2D eigenvalue weighted by Gasteiger charge is 2.17. The Morgan fingerprint density at radius 3 is 2.76 bits per heavy atom. The van der Waals surface area contributed by atoms with E-state index in [4.69, 9.17) is 5.11 Å². The van der Waals surface area contributed by atoms with E-state index in [9.17, 15) is 9.18 Å². The molecule has 0 saturated heterocycles. The highest BCUT2D eigenvalue weighted by atomic mass is 19.1. The maximum atomic E-state index is 14.0. The van der Waals surface area contributed by atoms with Crippen molar-refractivity contribution in [2.75, 3.05) is 20.2 Å². The number of aliphatic hydroxyl groups excluding tert-OH is 1. The number of halogens is 1. The molecule has 4 heteroatoms. The number of benzene rings is 1. The topological polar surface area (TPSA) is 40.5 Å². The Hall–Kier alpha value is -1.86. The number of nitrogens with zero attached hydrogens (tertiary/aromatic N) is 1. The Bertz CT molecular complexity index is 545. The molecular weight excluding hydrogens is 269 g/mol. The molecule has 1 unspecified atom stereocenters. The van der Waals surface area contributed by atoms with Crippen molar-refractivity contribution in [3.8, 4) is 11.8 Å². The van der Waals surface area contributed by atoms with Gasteiger partial charge in [-0.05, 0) is 24.1 Å². The van der Waals surface area contributed by atoms with Crippen LogP contribution in [0.1, 0.15) is 42.6 Å². The predicted octanol–water partition coefficient (Wildman–Crippen LogP) is 2.68. The molecular formula is C17H22FNO2. The third kappa shape index (κ3) is 5.20. The summed E-state index contributed by atoms with van der Waals surface area (Å²) in [5.74, 6) is 4.97. The molecule has 0 aliphatic heterocycles. The zero-order valence-corrected chi connectivity index (χ0v) is 12.8. The first-order valence-corrected chi connectivity index (χ1v) is 7.14. The molecule has 0 aliphatic carbocycles. The first kappa shape index (κ1) is 17.2. The van der Waals surface area contributed by atoms with Gasteiger partial charge in [-0.3, -0.25) is 4.79 Å². The Morgan fingerprint density at radius 2 is 2.19 bits per heavy atom. The van der Waals surface area contributed by atoms with E-state index >= 15 is 0 Å². The van der Waals surface area contributed by atoms with Crippen molar-refractivity contribution in [1.29, 1.82) is 0 Å². The zero-order valence-electron chi connectivity index (χ0n) is 12.8. The highest BCUT2D eigenvalue weighted by molar-refractivity contribution is 5.94. The second-order valence-electron chi connectivity index (χ2n) is 5.17. The summed E-state index contributed by atoms with van der Waals surface area (Å²) in [6, 6.07) is 4.35. The monoisotopic (exact) mass is 291 g/mol. The number of hydrogen-bond donors (Lipinski definition) is 1. The first-order chi connectivity index (χ1) is 9.99. The Morgan fingerprint density at radius 1 is 1.48 bits per heavy atom. The minimum atomic E-state index is -0.563. The van der Waals surface area contributed by atoms with E-state index in [1.54, 1.807) is 18.0 Å². The molecule has 0 saturated carbocycles. The molecule has 0 aliphatic rings. The van der Waals surface area contributed by atoms with Gasteiger partial charge in [0.05, 0.1) is 12.2 Å². The first-order valence-electron chi connectivity index (χ1n) is 7.14. The molecule has 0 heterocycles. The number of carbonyl (C=O) groups excluding carboxylic acids is 1. The van der Waals surface area contributed by atoms with Crippen LogP contribution in [0, 0.1) is 23.6 Å². The maximum absolute atomic E-state index is 14.0. The van der Waals surface area contributed by atoms with Gasteiger partial charge < -0.3 is 10.0 Å². The summed E-state index contributed by atoms with van der Waals surface area (Å²) in [6.45, 7) is 4.70. The summed E-state index contributed by atoms with van der Waals surface area (Å²) >= 11 is 0. The Kier molecular flexibility index (Phi) is 6.90. The molecule has 1 N–H and O–H groups in total. The van der Waals surface area contributed by atoms with Crippen LogP contribution in [0.4, 0.5) is 4.39 Å². The minimum Gasteiger partial charge on any atom is -0.395 e. The van der Waals surface area contributed by atoms with Gasteiger partial charge in [0.1, 0.15) is 5.82 Å². The summed E-state index contributed by atoms with van der Waals surface area (Å²) < 4.78 is 14.0. The van der Waals surface area contributed by atoms with E-state index in [-0.39, 0.29) is 18.1 Å². The van der Waals surface area contributed by atoms with Gasteiger partial charge in [0, 0.05) is 25.6 Å². The van der Waals surface area contributed by atoms with Crippen molar-refractivity contribution in [3.63, 3.8) is 0 Å². The number of amides is 1. The minimum absolute atomic E-state index is 0.0214. The van der Waals surface area contributed by atoms with Gasteiger partial charge in [-0.2, -0.15) is 0 Å². The average molecular weight is 291 g/mol. The van der Waals surface area contributed by atoms with Gasteiger partial charge in [-0.1, -0.05) is 32.1 Å². The normalized spacial score (nSPS) is 11.5. The van der Waals surface area contributed by atoms with E-state index in [0.717, 1.165) is 6.42 Å². The van der Waals surface area contributed by atoms with Crippen molar-refractivity contribution in [2.24, 2.45) is 5.92 Å². The fraction of sp³-hybridized carbons (Fsp3) is 0.471. The lowest BCUT2D eigenvalue weighted by Crippen LogP contribution is -2.31. The van der Waals surface area contributed by atoms with Gasteiger partial charge in [0.2, 0.25) is 0 Å². The van der Waals surface area contributed by atoms with Crippen LogP contribution >= 0.6 is 0 Å². The van der Waals surface area contributed by atoms with Gasteiger partial charge in [-0.15, -0.1) is 0 Å². The lowest BCUT2D eigenvalue weighted by molar-refractivity contribution is 0.0770. The molecule has 0 spiro atoms. The van der Waals surface area contributed by atoms with Gasteiger partial charge >= 0.3 is 0 Å². The van der Waals surface area contributed by atoms with Gasteiger partial charge in [0.25, 0.3) is 5.91 Å². The van der Waals surface area contributed by atoms with Crippen LogP contribution in [0.25, 0.3) is 0 Å². The van der Waals surface area contributed by atoms with E-state index in [1.165, 1.54) is 12.1 Å². The van der Waals surface area contributed by atoms with Gasteiger partial charge in [-0.25, -0.2) is 4.39 Å². The van der Waals surface area contributed by atoms with Crippen LogP contribution < -0.4 is 0 Å². The fourth-order valence-electron chi connectivity index (χ4n) is 1.87. The van der Waals surface area contributed by atoms with Crippen LogP contribution in [-0.2, 0) is 0 Å². The number of hydrogen-bond acceptors (Lipinski definition) is 2. The second kappa shape index (κ2) is 8.43. The largest absolute Gasteiger partial charge is 0.395 e. The van der Waals surface area contributed by atoms with Gasteiger partial charge in [0.15, 0.2) is 0 Å². The van der Waals surface area contributed by atoms with Crippen molar-refractivity contribution in [2.45, 2.75) is 26.7 Å². The van der Waals surface area contributed by atoms with E-state index in [0.29, 0.717) is 24.4 Å². The highest BCUT2D eigenvalue weighted by Crippen LogP contribution is 2.13. The number of aliphatic hydroxyl groups is 1. The third-order valence-corrected chi connectivity index (χ3v) is 3.30. The van der Waals surface area contributed by atoms with E-state index in [2.05, 4.69) is 25.7 Å². The van der Waals surface area contributed by atoms with Crippen molar-refractivity contribution < 1.29 is 14.3 Å². The second-order valence-corrected chi connectivity index (χ2v) is 5.17. The van der Waals surface area contributed by atoms with Crippen LogP contribution in [-0.4, -0.2) is 36.1 Å². The van der Waals surface area contributed by atoms with Crippen molar-refractivity contribution in [3.05, 3.63) is 35.1 Å². The van der Waals surface area contributed by atoms with E-state index < -0.39 is 5.82 Å². The molecule has 1 rings (SSSR count). The maximum Gasteiger partial charge on any atom is 0.256 e. The molecule has 1 amide bonds. The SMILES string of the molecule is CCC(C)CN(C)C(=O)c1ccc(C#CCCO)cc1F. The molecule has 0 radical (unpaired) electrons. The van der Waals surface area contributed by atoms with Crippen LogP contribution in [0.3, 0.4) is 0 Å². The number of rotatable bonds is 5. The molecule has 1 aromatic rings. The van der Waals surface area contributed by atoms with Crippen LogP contribution in [0.5, 0.6) is 0 Å². The van der Waals surface area contributed by atoms with Crippen LogP contribution in [0.15, 0.2) is 18.2 Å². The number of carbonyl (C=O) groups is 1. The lowest BCUT2D eigenvalue weighted by Gasteiger charge is -2.21. The average Bonchev–Trinajstić information content (AvgIpc) is 2.46. The molecule has 3 nitrogen and oxygen atoms in total. The summed E-state index contributed by atoms with van der Waals surface area (Å²) in [7, 11) is 1.68. The lowest BCUT2D eigenvalue weighted by atomic mass is 10.1. The third-order valence-electron chi connectivity index (χ3n) is 3.30. The molecule has 1 atom stereocenters. The van der Waals surface area contributed by atoms with Crippen molar-refractivity contribution >= 4 is 5.91 Å². The molecule has 21 heavy (non-hydrogen) atoms. The quantitative estimate of drug-likeness (QED) is 0.847. The standard InChI is InChI=1S/C17H22FNO2/c1-4-13(2)12-19(3)17(21)15-9-8-14(11-16(15)18)7-5-6-10-20/h8-9,11,13,20H,4,6,10,12H2,1-3H3. The zero-order chi connectivity index (χ0) is 15.8.